The maximum Gasteiger partial charge on any atom is 0.234 e. The van der Waals surface area contributed by atoms with E-state index in [0.717, 1.165) is 55.4 Å². The molecule has 2 aromatic rings. The van der Waals surface area contributed by atoms with Crippen LogP contribution in [0.2, 0.25) is 0 Å². The Morgan fingerprint density at radius 2 is 2.00 bits per heavy atom. The summed E-state index contributed by atoms with van der Waals surface area (Å²) >= 11 is 0. The Kier molecular flexibility index (Phi) is 6.11. The molecule has 7 nitrogen and oxygen atoms in total. The Labute approximate surface area is 170 Å². The lowest BCUT2D eigenvalue weighted by Gasteiger charge is -2.31. The van der Waals surface area contributed by atoms with Crippen molar-refractivity contribution in [1.82, 2.24) is 10.3 Å². The van der Waals surface area contributed by atoms with Gasteiger partial charge in [-0.05, 0) is 43.2 Å². The van der Waals surface area contributed by atoms with E-state index in [2.05, 4.69) is 28.4 Å². The number of hydrogen-bond acceptors (Lipinski definition) is 6. The van der Waals surface area contributed by atoms with Crippen LogP contribution in [-0.2, 0) is 9.53 Å². The van der Waals surface area contributed by atoms with E-state index < -0.39 is 0 Å². The van der Waals surface area contributed by atoms with Crippen LogP contribution in [0.1, 0.15) is 32.1 Å². The number of amides is 1. The van der Waals surface area contributed by atoms with Crippen molar-refractivity contribution in [3.8, 4) is 11.9 Å². The summed E-state index contributed by atoms with van der Waals surface area (Å²) in [7, 11) is 0. The van der Waals surface area contributed by atoms with Crippen LogP contribution in [0, 0.1) is 11.3 Å². The van der Waals surface area contributed by atoms with Crippen molar-refractivity contribution in [3.05, 3.63) is 30.3 Å². The highest BCUT2D eigenvalue weighted by molar-refractivity contribution is 5.89. The van der Waals surface area contributed by atoms with E-state index in [0.29, 0.717) is 19.1 Å². The molecule has 0 spiro atoms. The summed E-state index contributed by atoms with van der Waals surface area (Å²) in [4.78, 5) is 18.7. The molecule has 4 rings (SSSR count). The fourth-order valence-electron chi connectivity index (χ4n) is 4.03. The van der Waals surface area contributed by atoms with Gasteiger partial charge in [0, 0.05) is 24.5 Å². The van der Waals surface area contributed by atoms with Crippen molar-refractivity contribution in [3.63, 3.8) is 0 Å². The van der Waals surface area contributed by atoms with Crippen LogP contribution in [0.5, 0.6) is 5.88 Å². The highest BCUT2D eigenvalue weighted by atomic mass is 16.5. The topological polar surface area (TPSA) is 87.5 Å². The van der Waals surface area contributed by atoms with E-state index in [-0.39, 0.29) is 24.5 Å². The molecule has 1 N–H and O–H groups in total. The number of carbonyl (C=O) groups is 1. The predicted octanol–water partition coefficient (Wildman–Crippen LogP) is 2.79. The van der Waals surface area contributed by atoms with Crippen LogP contribution in [0.4, 0.5) is 5.82 Å². The molecule has 0 radical (unpaired) electrons. The number of anilines is 1. The zero-order valence-electron chi connectivity index (χ0n) is 16.5. The van der Waals surface area contributed by atoms with Gasteiger partial charge in [0.05, 0.1) is 19.3 Å². The first kappa shape index (κ1) is 19.5. The second-order valence-electron chi connectivity index (χ2n) is 7.60. The summed E-state index contributed by atoms with van der Waals surface area (Å²) in [5.74, 6) is 1.42. The average molecular weight is 394 g/mol. The van der Waals surface area contributed by atoms with Crippen LogP contribution in [0.15, 0.2) is 30.3 Å². The van der Waals surface area contributed by atoms with Gasteiger partial charge in [-0.3, -0.25) is 4.79 Å². The first-order valence-electron chi connectivity index (χ1n) is 10.3. The van der Waals surface area contributed by atoms with Gasteiger partial charge < -0.3 is 19.7 Å². The van der Waals surface area contributed by atoms with Crippen molar-refractivity contribution < 1.29 is 14.3 Å². The highest BCUT2D eigenvalue weighted by Gasteiger charge is 2.25. The molecule has 2 heterocycles. The lowest BCUT2D eigenvalue weighted by atomic mass is 9.93. The Bertz CT molecular complexity index is 897. The second-order valence-corrected chi connectivity index (χ2v) is 7.60. The number of benzene rings is 1. The van der Waals surface area contributed by atoms with E-state index in [1.54, 1.807) is 0 Å². The highest BCUT2D eigenvalue weighted by Crippen LogP contribution is 2.31. The van der Waals surface area contributed by atoms with E-state index in [4.69, 9.17) is 19.7 Å². The molecule has 1 aliphatic heterocycles. The molecule has 1 aromatic carbocycles. The van der Waals surface area contributed by atoms with E-state index >= 15 is 0 Å². The Balaban J connectivity index is 1.46. The number of nitrogens with zero attached hydrogens (tertiary/aromatic N) is 3. The standard InChI is InChI=1S/C22H26N4O3/c23-10-9-21(27)24-17-5-7-18(8-6-17)29-22-19-4-2-1-3-16(19)15-20(25-22)26-11-13-28-14-12-26/h1-4,15,17-18H,5-9,11-14H2,(H,24,27)/t17-,18+. The molecule has 0 unspecified atom stereocenters. The van der Waals surface area contributed by atoms with Crippen molar-refractivity contribution in [2.45, 2.75) is 44.2 Å². The summed E-state index contributed by atoms with van der Waals surface area (Å²) in [5.41, 5.74) is 0. The molecule has 152 valence electrons. The van der Waals surface area contributed by atoms with Crippen LogP contribution >= 0.6 is 0 Å². The fraction of sp³-hybridized carbons (Fsp3) is 0.500. The third-order valence-electron chi connectivity index (χ3n) is 5.58. The molecule has 0 atom stereocenters. The van der Waals surface area contributed by atoms with Crippen LogP contribution in [0.3, 0.4) is 0 Å². The van der Waals surface area contributed by atoms with Gasteiger partial charge in [0.25, 0.3) is 0 Å². The van der Waals surface area contributed by atoms with Crippen molar-refractivity contribution in [2.75, 3.05) is 31.2 Å². The van der Waals surface area contributed by atoms with E-state index in [1.165, 1.54) is 0 Å². The van der Waals surface area contributed by atoms with Gasteiger partial charge in [-0.25, -0.2) is 0 Å². The molecular formula is C22H26N4O3. The lowest BCUT2D eigenvalue weighted by Crippen LogP contribution is -2.39. The molecule has 29 heavy (non-hydrogen) atoms. The van der Waals surface area contributed by atoms with Gasteiger partial charge in [0.1, 0.15) is 18.3 Å². The minimum absolute atomic E-state index is 0.0787. The number of rotatable bonds is 5. The number of nitriles is 1. The first-order chi connectivity index (χ1) is 14.2. The smallest absolute Gasteiger partial charge is 0.234 e. The molecule has 2 aliphatic rings. The molecule has 1 aromatic heterocycles. The van der Waals surface area contributed by atoms with E-state index in [1.807, 2.05) is 18.2 Å². The van der Waals surface area contributed by atoms with Crippen molar-refractivity contribution >= 4 is 22.5 Å². The summed E-state index contributed by atoms with van der Waals surface area (Å²) < 4.78 is 11.8. The number of ether oxygens (including phenoxy) is 2. The van der Waals surface area contributed by atoms with Gasteiger partial charge in [-0.1, -0.05) is 18.2 Å². The lowest BCUT2D eigenvalue weighted by molar-refractivity contribution is -0.121. The molecule has 1 saturated carbocycles. The van der Waals surface area contributed by atoms with Crippen molar-refractivity contribution in [2.24, 2.45) is 0 Å². The number of morpholine rings is 1. The first-order valence-corrected chi connectivity index (χ1v) is 10.3. The predicted molar refractivity (Wildman–Crippen MR) is 110 cm³/mol. The maximum atomic E-state index is 11.6. The molecular weight excluding hydrogens is 368 g/mol. The molecule has 1 amide bonds. The minimum atomic E-state index is -0.192. The maximum absolute atomic E-state index is 11.6. The molecule has 1 saturated heterocycles. The number of fused-ring (bicyclic) bond motifs is 1. The zero-order valence-corrected chi connectivity index (χ0v) is 16.5. The van der Waals surface area contributed by atoms with Gasteiger partial charge in [0.2, 0.25) is 11.8 Å². The van der Waals surface area contributed by atoms with Crippen LogP contribution in [-0.4, -0.2) is 49.3 Å². The number of pyridine rings is 1. The van der Waals surface area contributed by atoms with Gasteiger partial charge in [-0.2, -0.15) is 10.2 Å². The van der Waals surface area contributed by atoms with E-state index in [9.17, 15) is 4.79 Å². The second kappa shape index (κ2) is 9.10. The Hall–Kier alpha value is -2.85. The zero-order chi connectivity index (χ0) is 20.1. The molecule has 1 aliphatic carbocycles. The largest absolute Gasteiger partial charge is 0.474 e. The third-order valence-corrected chi connectivity index (χ3v) is 5.58. The SMILES string of the molecule is N#CCC(=O)N[C@H]1CC[C@@H](Oc2nc(N3CCOCC3)cc3ccccc23)CC1. The average Bonchev–Trinajstić information content (AvgIpc) is 2.76. The number of aromatic nitrogens is 1. The van der Waals surface area contributed by atoms with Gasteiger partial charge in [-0.15, -0.1) is 0 Å². The normalized spacial score (nSPS) is 22.1. The number of carbonyl (C=O) groups excluding carboxylic acids is 1. The Morgan fingerprint density at radius 3 is 2.76 bits per heavy atom. The third kappa shape index (κ3) is 4.77. The summed E-state index contributed by atoms with van der Waals surface area (Å²) in [6.45, 7) is 3.09. The van der Waals surface area contributed by atoms with Crippen LogP contribution < -0.4 is 15.0 Å². The minimum Gasteiger partial charge on any atom is -0.474 e. The van der Waals surface area contributed by atoms with Gasteiger partial charge >= 0.3 is 0 Å². The number of hydrogen-bond donors (Lipinski definition) is 1. The molecule has 0 bridgehead atoms. The van der Waals surface area contributed by atoms with Crippen molar-refractivity contribution in [1.29, 1.82) is 5.26 Å². The fourth-order valence-corrected chi connectivity index (χ4v) is 4.03. The summed E-state index contributed by atoms with van der Waals surface area (Å²) in [6.07, 6.45) is 3.41. The van der Waals surface area contributed by atoms with Crippen LogP contribution in [0.25, 0.3) is 10.8 Å². The quantitative estimate of drug-likeness (QED) is 0.839. The number of nitrogens with one attached hydrogen (secondary N) is 1. The summed E-state index contributed by atoms with van der Waals surface area (Å²) in [6, 6.07) is 12.3. The summed E-state index contributed by atoms with van der Waals surface area (Å²) in [5, 5.41) is 13.7. The molecule has 2 fully saturated rings. The Morgan fingerprint density at radius 1 is 1.24 bits per heavy atom. The monoisotopic (exact) mass is 394 g/mol. The van der Waals surface area contributed by atoms with Gasteiger partial charge in [0.15, 0.2) is 0 Å². The molecule has 7 heteroatoms.